The predicted octanol–water partition coefficient (Wildman–Crippen LogP) is 2.59. The fraction of sp³-hybridized carbons (Fsp3) is 0.200. The van der Waals surface area contributed by atoms with Gasteiger partial charge < -0.3 is 9.67 Å². The molecule has 1 aromatic carbocycles. The van der Waals surface area contributed by atoms with E-state index in [0.29, 0.717) is 5.69 Å². The Morgan fingerprint density at radius 1 is 1.30 bits per heavy atom. The van der Waals surface area contributed by atoms with E-state index in [1.54, 1.807) is 11.7 Å². The molecule has 0 saturated carbocycles. The van der Waals surface area contributed by atoms with E-state index in [9.17, 15) is 9.90 Å². The standard InChI is InChI=1S/C15H15N3O2/c1-9-4-5-10-12(8-17(2)13(10)6-9)14-11(15(19)20)7-16-18(14)3/h4-8H,1-3H3,(H,19,20). The third kappa shape index (κ3) is 1.71. The summed E-state index contributed by atoms with van der Waals surface area (Å²) in [7, 11) is 3.72. The van der Waals surface area contributed by atoms with E-state index in [0.717, 1.165) is 16.5 Å². The summed E-state index contributed by atoms with van der Waals surface area (Å²) in [6.07, 6.45) is 3.35. The fourth-order valence-corrected chi connectivity index (χ4v) is 2.60. The largest absolute Gasteiger partial charge is 0.478 e. The molecule has 2 aromatic heterocycles. The maximum absolute atomic E-state index is 11.3. The molecule has 5 nitrogen and oxygen atoms in total. The van der Waals surface area contributed by atoms with Crippen molar-refractivity contribution in [1.82, 2.24) is 14.3 Å². The lowest BCUT2D eigenvalue weighted by molar-refractivity contribution is 0.0697. The van der Waals surface area contributed by atoms with Gasteiger partial charge in [-0.1, -0.05) is 12.1 Å². The van der Waals surface area contributed by atoms with E-state index in [2.05, 4.69) is 11.2 Å². The van der Waals surface area contributed by atoms with Crippen molar-refractivity contribution in [2.75, 3.05) is 0 Å². The lowest BCUT2D eigenvalue weighted by atomic mass is 10.1. The van der Waals surface area contributed by atoms with Crippen molar-refractivity contribution in [1.29, 1.82) is 0 Å². The zero-order valence-corrected chi connectivity index (χ0v) is 11.6. The molecule has 0 radical (unpaired) electrons. The fourth-order valence-electron chi connectivity index (χ4n) is 2.60. The molecular weight excluding hydrogens is 254 g/mol. The summed E-state index contributed by atoms with van der Waals surface area (Å²) in [4.78, 5) is 11.3. The summed E-state index contributed by atoms with van der Waals surface area (Å²) in [5.41, 5.74) is 4.00. The minimum Gasteiger partial charge on any atom is -0.478 e. The second-order valence-corrected chi connectivity index (χ2v) is 5.01. The van der Waals surface area contributed by atoms with Gasteiger partial charge in [-0.3, -0.25) is 4.68 Å². The van der Waals surface area contributed by atoms with Crippen LogP contribution in [0.15, 0.2) is 30.6 Å². The molecule has 0 spiro atoms. The molecule has 0 bridgehead atoms. The second-order valence-electron chi connectivity index (χ2n) is 5.01. The van der Waals surface area contributed by atoms with Crippen LogP contribution in [-0.4, -0.2) is 25.4 Å². The minimum atomic E-state index is -0.961. The summed E-state index contributed by atoms with van der Waals surface area (Å²) >= 11 is 0. The molecule has 0 atom stereocenters. The summed E-state index contributed by atoms with van der Waals surface area (Å²) in [6, 6.07) is 6.15. The Kier molecular flexibility index (Phi) is 2.64. The van der Waals surface area contributed by atoms with Gasteiger partial charge in [0, 0.05) is 36.8 Å². The number of carbonyl (C=O) groups is 1. The number of aryl methyl sites for hydroxylation is 3. The third-order valence-corrected chi connectivity index (χ3v) is 3.57. The second kappa shape index (κ2) is 4.23. The molecule has 0 fully saturated rings. The van der Waals surface area contributed by atoms with E-state index >= 15 is 0 Å². The molecule has 3 rings (SSSR count). The zero-order chi connectivity index (χ0) is 14.4. The number of rotatable bonds is 2. The van der Waals surface area contributed by atoms with Crippen LogP contribution in [0, 0.1) is 6.92 Å². The first-order valence-electron chi connectivity index (χ1n) is 6.30. The number of hydrogen-bond donors (Lipinski definition) is 1. The Balaban J connectivity index is 2.36. The molecule has 20 heavy (non-hydrogen) atoms. The molecule has 2 heterocycles. The third-order valence-electron chi connectivity index (χ3n) is 3.57. The zero-order valence-electron chi connectivity index (χ0n) is 11.6. The summed E-state index contributed by atoms with van der Waals surface area (Å²) in [5.74, 6) is -0.961. The number of carboxylic acids is 1. The average molecular weight is 269 g/mol. The Morgan fingerprint density at radius 3 is 2.75 bits per heavy atom. The molecule has 5 heteroatoms. The molecule has 0 unspecified atom stereocenters. The number of aromatic carboxylic acids is 1. The van der Waals surface area contributed by atoms with Crippen molar-refractivity contribution in [3.63, 3.8) is 0 Å². The van der Waals surface area contributed by atoms with Gasteiger partial charge in [0.1, 0.15) is 5.56 Å². The van der Waals surface area contributed by atoms with E-state index in [1.807, 2.05) is 36.9 Å². The van der Waals surface area contributed by atoms with Crippen molar-refractivity contribution < 1.29 is 9.90 Å². The van der Waals surface area contributed by atoms with E-state index in [4.69, 9.17) is 0 Å². The van der Waals surface area contributed by atoms with Gasteiger partial charge in [0.05, 0.1) is 11.9 Å². The molecule has 0 saturated heterocycles. The Labute approximate surface area is 116 Å². The minimum absolute atomic E-state index is 0.223. The molecule has 0 aliphatic heterocycles. The molecule has 1 N–H and O–H groups in total. The predicted molar refractivity (Wildman–Crippen MR) is 76.8 cm³/mol. The van der Waals surface area contributed by atoms with E-state index < -0.39 is 5.97 Å². The average Bonchev–Trinajstić information content (AvgIpc) is 2.91. The van der Waals surface area contributed by atoms with Crippen molar-refractivity contribution >= 4 is 16.9 Å². The SMILES string of the molecule is Cc1ccc2c(-c3c(C(=O)O)cnn3C)cn(C)c2c1. The van der Waals surface area contributed by atoms with E-state index in [-0.39, 0.29) is 5.56 Å². The quantitative estimate of drug-likeness (QED) is 0.778. The Hall–Kier alpha value is -2.56. The number of fused-ring (bicyclic) bond motifs is 1. The molecule has 0 amide bonds. The van der Waals surface area contributed by atoms with Gasteiger partial charge in [-0.05, 0) is 18.6 Å². The Bertz CT molecular complexity index is 827. The highest BCUT2D eigenvalue weighted by atomic mass is 16.4. The van der Waals surface area contributed by atoms with Crippen molar-refractivity contribution in [3.05, 3.63) is 41.7 Å². The number of nitrogens with zero attached hydrogens (tertiary/aromatic N) is 3. The summed E-state index contributed by atoms with van der Waals surface area (Å²) < 4.78 is 3.62. The lowest BCUT2D eigenvalue weighted by Crippen LogP contribution is -2.00. The maximum atomic E-state index is 11.3. The highest BCUT2D eigenvalue weighted by Gasteiger charge is 2.20. The normalized spacial score (nSPS) is 11.2. The van der Waals surface area contributed by atoms with Gasteiger partial charge in [-0.15, -0.1) is 0 Å². The molecule has 0 aliphatic rings. The van der Waals surface area contributed by atoms with Gasteiger partial charge in [0.2, 0.25) is 0 Å². The van der Waals surface area contributed by atoms with Crippen molar-refractivity contribution in [2.24, 2.45) is 14.1 Å². The smallest absolute Gasteiger partial charge is 0.339 e. The monoisotopic (exact) mass is 269 g/mol. The van der Waals surface area contributed by atoms with E-state index in [1.165, 1.54) is 11.8 Å². The van der Waals surface area contributed by atoms with Gasteiger partial charge in [-0.25, -0.2) is 4.79 Å². The van der Waals surface area contributed by atoms with Crippen LogP contribution in [0.1, 0.15) is 15.9 Å². The molecule has 102 valence electrons. The van der Waals surface area contributed by atoms with Crippen LogP contribution in [0.5, 0.6) is 0 Å². The molecule has 3 aromatic rings. The number of aromatic nitrogens is 3. The first-order valence-corrected chi connectivity index (χ1v) is 6.30. The summed E-state index contributed by atoms with van der Waals surface area (Å²) in [6.45, 7) is 2.04. The molecule has 0 aliphatic carbocycles. The van der Waals surface area contributed by atoms with Crippen LogP contribution in [0.4, 0.5) is 0 Å². The Morgan fingerprint density at radius 2 is 2.05 bits per heavy atom. The van der Waals surface area contributed by atoms with Crippen molar-refractivity contribution in [3.8, 4) is 11.3 Å². The molecular formula is C15H15N3O2. The van der Waals surface area contributed by atoms with Crippen LogP contribution < -0.4 is 0 Å². The first kappa shape index (κ1) is 12.5. The summed E-state index contributed by atoms with van der Waals surface area (Å²) in [5, 5.41) is 14.4. The number of hydrogen-bond acceptors (Lipinski definition) is 2. The number of benzene rings is 1. The van der Waals surface area contributed by atoms with Crippen LogP contribution in [0.25, 0.3) is 22.2 Å². The van der Waals surface area contributed by atoms with Gasteiger partial charge >= 0.3 is 5.97 Å². The maximum Gasteiger partial charge on any atom is 0.339 e. The van der Waals surface area contributed by atoms with Gasteiger partial charge in [0.25, 0.3) is 0 Å². The highest BCUT2D eigenvalue weighted by molar-refractivity contribution is 6.02. The van der Waals surface area contributed by atoms with Crippen molar-refractivity contribution in [2.45, 2.75) is 6.92 Å². The highest BCUT2D eigenvalue weighted by Crippen LogP contribution is 2.32. The van der Waals surface area contributed by atoms with Crippen LogP contribution in [-0.2, 0) is 14.1 Å². The van der Waals surface area contributed by atoms with Crippen LogP contribution in [0.2, 0.25) is 0 Å². The lowest BCUT2D eigenvalue weighted by Gasteiger charge is -2.03. The topological polar surface area (TPSA) is 60.0 Å². The van der Waals surface area contributed by atoms with Crippen LogP contribution in [0.3, 0.4) is 0 Å². The van der Waals surface area contributed by atoms with Gasteiger partial charge in [-0.2, -0.15) is 5.10 Å². The van der Waals surface area contributed by atoms with Crippen LogP contribution >= 0.6 is 0 Å². The first-order chi connectivity index (χ1) is 9.49. The number of carboxylic acid groups (broad SMARTS) is 1. The van der Waals surface area contributed by atoms with Gasteiger partial charge in [0.15, 0.2) is 0 Å².